The van der Waals surface area contributed by atoms with Gasteiger partial charge in [0.2, 0.25) is 5.95 Å². The molecule has 0 radical (unpaired) electrons. The number of carbonyl (C=O) groups excluding carboxylic acids is 1. The molecule has 0 bridgehead atoms. The van der Waals surface area contributed by atoms with Crippen LogP contribution >= 0.6 is 0 Å². The first-order valence-electron chi connectivity index (χ1n) is 11.1. The summed E-state index contributed by atoms with van der Waals surface area (Å²) in [6.07, 6.45) is 4.92. The van der Waals surface area contributed by atoms with Crippen molar-refractivity contribution < 1.29 is 9.90 Å². The number of pyridine rings is 1. The van der Waals surface area contributed by atoms with Crippen LogP contribution in [0.2, 0.25) is 0 Å². The Morgan fingerprint density at radius 3 is 2.26 bits per heavy atom. The van der Waals surface area contributed by atoms with Gasteiger partial charge in [-0.25, -0.2) is 9.97 Å². The summed E-state index contributed by atoms with van der Waals surface area (Å²) in [6, 6.07) is 6.85. The monoisotopic (exact) mass is 477 g/mol. The highest BCUT2D eigenvalue weighted by Crippen LogP contribution is 2.33. The molecule has 3 aromatic heterocycles. The summed E-state index contributed by atoms with van der Waals surface area (Å²) in [7, 11) is 0. The maximum absolute atomic E-state index is 12.8. The van der Waals surface area contributed by atoms with E-state index in [0.717, 1.165) is 11.1 Å². The quantitative estimate of drug-likeness (QED) is 0.277. The van der Waals surface area contributed by atoms with Gasteiger partial charge in [-0.1, -0.05) is 19.9 Å². The van der Waals surface area contributed by atoms with Gasteiger partial charge in [0.1, 0.15) is 11.7 Å². The minimum absolute atomic E-state index is 0.00560. The first kappa shape index (κ1) is 25.6. The van der Waals surface area contributed by atoms with Gasteiger partial charge in [0.05, 0.1) is 16.7 Å². The molecule has 0 aliphatic carbocycles. The number of carbonyl (C=O) groups is 1. The van der Waals surface area contributed by atoms with Crippen LogP contribution in [0.1, 0.15) is 50.7 Å². The Hall–Kier alpha value is -3.99. The number of hydrogen-bond acceptors (Lipinski definition) is 9. The van der Waals surface area contributed by atoms with Crippen LogP contribution in [-0.4, -0.2) is 54.1 Å². The minimum atomic E-state index is -0.911. The average Bonchev–Trinajstić information content (AvgIpc) is 2.82. The number of nitrogens with zero attached hydrogens (tertiary/aromatic N) is 6. The lowest BCUT2D eigenvalue weighted by atomic mass is 9.73. The lowest BCUT2D eigenvalue weighted by Gasteiger charge is -2.33. The van der Waals surface area contributed by atoms with Crippen LogP contribution in [0.4, 0.5) is 11.8 Å². The first-order valence-corrected chi connectivity index (χ1v) is 11.1. The fourth-order valence-corrected chi connectivity index (χ4v) is 3.25. The van der Waals surface area contributed by atoms with Crippen LogP contribution in [0.5, 0.6) is 0 Å². The van der Waals surface area contributed by atoms with E-state index in [1.54, 1.807) is 38.5 Å². The number of amidine groups is 1. The molecule has 0 aliphatic heterocycles. The fourth-order valence-electron chi connectivity index (χ4n) is 3.25. The maximum Gasteiger partial charge on any atom is 0.299 e. The molecule has 0 aliphatic rings. The summed E-state index contributed by atoms with van der Waals surface area (Å²) in [5, 5.41) is 20.7. The molecule has 0 aromatic carbocycles. The summed E-state index contributed by atoms with van der Waals surface area (Å²) in [5.41, 5.74) is 12.5. The van der Waals surface area contributed by atoms with Crippen molar-refractivity contribution in [1.29, 1.82) is 0 Å². The van der Waals surface area contributed by atoms with Gasteiger partial charge < -0.3 is 21.9 Å². The van der Waals surface area contributed by atoms with Gasteiger partial charge in [-0.3, -0.25) is 9.78 Å². The topological polar surface area (TPSA) is 178 Å². The van der Waals surface area contributed by atoms with E-state index >= 15 is 0 Å². The van der Waals surface area contributed by atoms with Crippen LogP contribution in [0.3, 0.4) is 0 Å². The zero-order valence-electron chi connectivity index (χ0n) is 20.5. The number of anilines is 2. The number of aromatic nitrogens is 5. The number of aliphatic hydroxyl groups is 1. The molecule has 3 rings (SSSR count). The van der Waals surface area contributed by atoms with Crippen molar-refractivity contribution >= 4 is 23.5 Å². The third-order valence-corrected chi connectivity index (χ3v) is 5.83. The molecule has 11 heteroatoms. The Bertz CT molecular complexity index is 1190. The van der Waals surface area contributed by atoms with Gasteiger partial charge in [-0.15, -0.1) is 10.2 Å². The highest BCUT2D eigenvalue weighted by Gasteiger charge is 2.36. The summed E-state index contributed by atoms with van der Waals surface area (Å²) >= 11 is 0. The summed E-state index contributed by atoms with van der Waals surface area (Å²) in [5.74, 6) is 0.181. The molecular weight excluding hydrogens is 446 g/mol. The molecule has 1 amide bonds. The zero-order chi connectivity index (χ0) is 25.8. The molecule has 1 atom stereocenters. The van der Waals surface area contributed by atoms with E-state index in [0.29, 0.717) is 11.5 Å². The molecule has 0 spiro atoms. The second kappa shape index (κ2) is 10.1. The van der Waals surface area contributed by atoms with E-state index in [1.807, 2.05) is 32.9 Å². The third kappa shape index (κ3) is 6.12. The van der Waals surface area contributed by atoms with Crippen molar-refractivity contribution in [3.05, 3.63) is 54.1 Å². The number of nitrogens with two attached hydrogens (primary N) is 2. The molecule has 184 valence electrons. The number of aliphatic imine (C=N–C) groups is 1. The summed E-state index contributed by atoms with van der Waals surface area (Å²) < 4.78 is 0. The Morgan fingerprint density at radius 2 is 1.74 bits per heavy atom. The Morgan fingerprint density at radius 1 is 1.06 bits per heavy atom. The van der Waals surface area contributed by atoms with E-state index in [4.69, 9.17) is 11.5 Å². The van der Waals surface area contributed by atoms with Gasteiger partial charge in [0, 0.05) is 30.7 Å². The molecule has 0 saturated heterocycles. The standard InChI is InChI=1S/C24H31N9O2/c1-14(2)24(5,16-6-7-17(27-12-16)15-10-28-22(26)29-11-15)21(25)31-20(34)18-8-9-19(33-32-18)30-13-23(3,4)35/h6-12,14,35H,13H2,1-5H3,(H,30,33)(H2,25,31,34)(H2,26,28,29). The van der Waals surface area contributed by atoms with E-state index in [2.05, 4.69) is 35.5 Å². The van der Waals surface area contributed by atoms with Gasteiger partial charge >= 0.3 is 0 Å². The molecule has 11 nitrogen and oxygen atoms in total. The van der Waals surface area contributed by atoms with Crippen LogP contribution in [0, 0.1) is 5.92 Å². The molecule has 0 fully saturated rings. The lowest BCUT2D eigenvalue weighted by molar-refractivity contribution is 0.0942. The first-order chi connectivity index (χ1) is 16.4. The normalized spacial score (nSPS) is 14.0. The second-order valence-corrected chi connectivity index (χ2v) is 9.39. The summed E-state index contributed by atoms with van der Waals surface area (Å²) in [4.78, 5) is 29.5. The van der Waals surface area contributed by atoms with Gasteiger partial charge in [0.25, 0.3) is 5.91 Å². The van der Waals surface area contributed by atoms with Crippen LogP contribution in [0.15, 0.2) is 47.8 Å². The molecule has 3 aromatic rings. The maximum atomic E-state index is 12.8. The Labute approximate surface area is 204 Å². The van der Waals surface area contributed by atoms with E-state index in [1.165, 1.54) is 6.07 Å². The number of amides is 1. The van der Waals surface area contributed by atoms with Crippen molar-refractivity contribution in [1.82, 2.24) is 25.1 Å². The van der Waals surface area contributed by atoms with Crippen molar-refractivity contribution in [2.45, 2.75) is 45.6 Å². The molecule has 35 heavy (non-hydrogen) atoms. The molecule has 1 unspecified atom stereocenters. The molecule has 0 saturated carbocycles. The van der Waals surface area contributed by atoms with Crippen molar-refractivity contribution in [2.75, 3.05) is 17.6 Å². The Balaban J connectivity index is 1.82. The molecular formula is C24H31N9O2. The second-order valence-electron chi connectivity index (χ2n) is 9.39. The predicted octanol–water partition coefficient (Wildman–Crippen LogP) is 2.20. The van der Waals surface area contributed by atoms with Crippen LogP contribution in [-0.2, 0) is 5.41 Å². The molecule has 3 heterocycles. The SMILES string of the molecule is CC(C)C(C)(C(N)=NC(=O)c1ccc(NCC(C)(C)O)nn1)c1ccc(-c2cnc(N)nc2)nc1. The van der Waals surface area contributed by atoms with E-state index < -0.39 is 16.9 Å². The fraction of sp³-hybridized carbons (Fsp3) is 0.375. The number of nitrogens with one attached hydrogen (secondary N) is 1. The highest BCUT2D eigenvalue weighted by atomic mass is 16.3. The average molecular weight is 478 g/mol. The van der Waals surface area contributed by atoms with Crippen LogP contribution in [0.25, 0.3) is 11.3 Å². The smallest absolute Gasteiger partial charge is 0.299 e. The lowest BCUT2D eigenvalue weighted by Crippen LogP contribution is -2.43. The van der Waals surface area contributed by atoms with Gasteiger partial charge in [-0.2, -0.15) is 4.99 Å². The number of rotatable bonds is 8. The summed E-state index contributed by atoms with van der Waals surface area (Å²) in [6.45, 7) is 9.54. The van der Waals surface area contributed by atoms with Crippen molar-refractivity contribution in [2.24, 2.45) is 16.6 Å². The number of hydrogen-bond donors (Lipinski definition) is 4. The van der Waals surface area contributed by atoms with Crippen LogP contribution < -0.4 is 16.8 Å². The zero-order valence-corrected chi connectivity index (χ0v) is 20.5. The van der Waals surface area contributed by atoms with Gasteiger partial charge in [0.15, 0.2) is 5.69 Å². The van der Waals surface area contributed by atoms with Crippen molar-refractivity contribution in [3.8, 4) is 11.3 Å². The predicted molar refractivity (Wildman–Crippen MR) is 135 cm³/mol. The number of nitrogen functional groups attached to an aromatic ring is 1. The van der Waals surface area contributed by atoms with E-state index in [-0.39, 0.29) is 29.9 Å². The molecule has 6 N–H and O–H groups in total. The highest BCUT2D eigenvalue weighted by molar-refractivity contribution is 6.05. The largest absolute Gasteiger partial charge is 0.389 e. The van der Waals surface area contributed by atoms with Gasteiger partial charge in [-0.05, 0) is 50.5 Å². The third-order valence-electron chi connectivity index (χ3n) is 5.83. The van der Waals surface area contributed by atoms with Crippen molar-refractivity contribution in [3.63, 3.8) is 0 Å². The Kier molecular flexibility index (Phi) is 7.39. The van der Waals surface area contributed by atoms with E-state index in [9.17, 15) is 9.90 Å². The minimum Gasteiger partial charge on any atom is -0.389 e.